The zero-order chi connectivity index (χ0) is 24.2. The number of anilines is 2. The maximum absolute atomic E-state index is 11.9. The topological polar surface area (TPSA) is 79.6 Å². The van der Waals surface area contributed by atoms with Gasteiger partial charge in [-0.15, -0.1) is 0 Å². The molecule has 35 heavy (non-hydrogen) atoms. The Morgan fingerprint density at radius 1 is 1.06 bits per heavy atom. The third kappa shape index (κ3) is 4.80. The van der Waals surface area contributed by atoms with Crippen molar-refractivity contribution in [2.75, 3.05) is 23.9 Å². The molecule has 0 radical (unpaired) electrons. The lowest BCUT2D eigenvalue weighted by molar-refractivity contribution is -0.119. The summed E-state index contributed by atoms with van der Waals surface area (Å²) in [7, 11) is 1.49. The molecule has 0 unspecified atom stereocenters. The average molecular weight is 485 g/mol. The van der Waals surface area contributed by atoms with Crippen LogP contribution < -0.4 is 15.5 Å². The van der Waals surface area contributed by atoms with Gasteiger partial charge in [0.1, 0.15) is 24.2 Å². The Morgan fingerprint density at radius 2 is 1.83 bits per heavy atom. The molecular formula is C27H24N4O3S. The van der Waals surface area contributed by atoms with Crippen molar-refractivity contribution in [3.05, 3.63) is 103 Å². The predicted octanol–water partition coefficient (Wildman–Crippen LogP) is 5.10. The molecule has 8 heteroatoms. The summed E-state index contributed by atoms with van der Waals surface area (Å²) < 4.78 is 11.3. The molecule has 0 spiro atoms. The van der Waals surface area contributed by atoms with Crippen LogP contribution in [0.3, 0.4) is 0 Å². The number of hydrogen-bond donors (Lipinski definition) is 2. The summed E-state index contributed by atoms with van der Waals surface area (Å²) in [5.74, 6) is 1.34. The molecule has 176 valence electrons. The molecule has 1 saturated heterocycles. The van der Waals surface area contributed by atoms with Crippen LogP contribution in [0.2, 0.25) is 0 Å². The van der Waals surface area contributed by atoms with Gasteiger partial charge in [-0.05, 0) is 60.7 Å². The molecular weight excluding hydrogens is 460 g/mol. The van der Waals surface area contributed by atoms with E-state index < -0.39 is 0 Å². The molecule has 2 N–H and O–H groups in total. The number of carbonyl (C=O) groups excluding carboxylic acids is 1. The molecule has 7 nitrogen and oxygen atoms in total. The third-order valence-electron chi connectivity index (χ3n) is 5.78. The minimum absolute atomic E-state index is 0.00203. The summed E-state index contributed by atoms with van der Waals surface area (Å²) in [5, 5.41) is 6.81. The molecule has 1 aliphatic heterocycles. The summed E-state index contributed by atoms with van der Waals surface area (Å²) >= 11 is 5.77. The number of thiocarbonyl (C=S) groups is 1. The van der Waals surface area contributed by atoms with Crippen molar-refractivity contribution in [2.24, 2.45) is 0 Å². The van der Waals surface area contributed by atoms with Crippen molar-refractivity contribution in [1.82, 2.24) is 10.3 Å². The van der Waals surface area contributed by atoms with Gasteiger partial charge in [0.25, 0.3) is 0 Å². The molecule has 2 atom stereocenters. The minimum atomic E-state index is -0.260. The Kier molecular flexibility index (Phi) is 6.56. The fourth-order valence-corrected chi connectivity index (χ4v) is 4.57. The number of rotatable bonds is 7. The Morgan fingerprint density at radius 3 is 2.54 bits per heavy atom. The molecule has 0 bridgehead atoms. The standard InChI is InChI=1S/C27H24N4O3S/c1-33-17-24(32)29-19-10-12-20(13-11-19)31-26(25(30-27(31)35)21-9-5-6-16-28-21)23-15-14-22(34-23)18-7-3-2-4-8-18/h2-16,25-26H,17H2,1H3,(H,29,32)(H,30,35)/t25-,26+/m1/s1. The van der Waals surface area contributed by atoms with Gasteiger partial charge in [0.05, 0.1) is 11.7 Å². The van der Waals surface area contributed by atoms with Gasteiger partial charge in [0, 0.05) is 30.2 Å². The Hall–Kier alpha value is -4.01. The second kappa shape index (κ2) is 10.1. The van der Waals surface area contributed by atoms with Gasteiger partial charge in [0.15, 0.2) is 5.11 Å². The van der Waals surface area contributed by atoms with Crippen LogP contribution in [0.5, 0.6) is 0 Å². The van der Waals surface area contributed by atoms with E-state index in [2.05, 4.69) is 15.6 Å². The number of furan rings is 1. The maximum atomic E-state index is 11.9. The van der Waals surface area contributed by atoms with Crippen LogP contribution in [0.1, 0.15) is 23.5 Å². The van der Waals surface area contributed by atoms with Crippen molar-refractivity contribution in [3.63, 3.8) is 0 Å². The van der Waals surface area contributed by atoms with Crippen LogP contribution in [0.4, 0.5) is 11.4 Å². The molecule has 3 heterocycles. The van der Waals surface area contributed by atoms with Crippen LogP contribution in [-0.4, -0.2) is 29.7 Å². The number of pyridine rings is 1. The molecule has 1 fully saturated rings. The first-order valence-corrected chi connectivity index (χ1v) is 11.6. The van der Waals surface area contributed by atoms with E-state index in [0.29, 0.717) is 10.8 Å². The first kappa shape index (κ1) is 22.8. The molecule has 1 amide bonds. The van der Waals surface area contributed by atoms with Crippen LogP contribution >= 0.6 is 12.2 Å². The Bertz CT molecular complexity index is 1310. The highest BCUT2D eigenvalue weighted by Gasteiger charge is 2.42. The van der Waals surface area contributed by atoms with E-state index in [-0.39, 0.29) is 24.6 Å². The van der Waals surface area contributed by atoms with Crippen LogP contribution in [0, 0.1) is 0 Å². The second-order valence-electron chi connectivity index (χ2n) is 8.09. The number of aromatic nitrogens is 1. The minimum Gasteiger partial charge on any atom is -0.459 e. The van der Waals surface area contributed by atoms with E-state index in [1.165, 1.54) is 7.11 Å². The van der Waals surface area contributed by atoms with E-state index in [0.717, 1.165) is 28.5 Å². The van der Waals surface area contributed by atoms with Gasteiger partial charge >= 0.3 is 0 Å². The predicted molar refractivity (Wildman–Crippen MR) is 139 cm³/mol. The van der Waals surface area contributed by atoms with Crippen molar-refractivity contribution >= 4 is 34.6 Å². The summed E-state index contributed by atoms with van der Waals surface area (Å²) in [6.07, 6.45) is 1.77. The molecule has 0 aliphatic carbocycles. The molecule has 0 saturated carbocycles. The SMILES string of the molecule is COCC(=O)Nc1ccc(N2C(=S)N[C@H](c3ccccn3)[C@@H]2c2ccc(-c3ccccc3)o2)cc1. The van der Waals surface area contributed by atoms with Crippen LogP contribution in [0.25, 0.3) is 11.3 Å². The van der Waals surface area contributed by atoms with Gasteiger partial charge in [-0.1, -0.05) is 36.4 Å². The highest BCUT2D eigenvalue weighted by atomic mass is 32.1. The number of nitrogens with one attached hydrogen (secondary N) is 2. The van der Waals surface area contributed by atoms with E-state index in [4.69, 9.17) is 21.4 Å². The molecule has 5 rings (SSSR count). The fourth-order valence-electron chi connectivity index (χ4n) is 4.22. The van der Waals surface area contributed by atoms with E-state index in [1.807, 2.05) is 89.8 Å². The van der Waals surface area contributed by atoms with Gasteiger partial charge in [0.2, 0.25) is 5.91 Å². The average Bonchev–Trinajstić information content (AvgIpc) is 3.50. The van der Waals surface area contributed by atoms with E-state index in [1.54, 1.807) is 6.20 Å². The normalized spacial score (nSPS) is 17.3. The van der Waals surface area contributed by atoms with Crippen LogP contribution in [0.15, 0.2) is 95.5 Å². The lowest BCUT2D eigenvalue weighted by Gasteiger charge is -2.26. The highest BCUT2D eigenvalue weighted by Crippen LogP contribution is 2.43. The largest absolute Gasteiger partial charge is 0.459 e. The van der Waals surface area contributed by atoms with Crippen LogP contribution in [-0.2, 0) is 9.53 Å². The van der Waals surface area contributed by atoms with Gasteiger partial charge < -0.3 is 24.7 Å². The monoisotopic (exact) mass is 484 g/mol. The molecule has 4 aromatic rings. The number of benzene rings is 2. The first-order valence-electron chi connectivity index (χ1n) is 11.2. The summed E-state index contributed by atoms with van der Waals surface area (Å²) in [5.41, 5.74) is 3.41. The lowest BCUT2D eigenvalue weighted by Crippen LogP contribution is -2.29. The number of ether oxygens (including phenoxy) is 1. The Balaban J connectivity index is 1.50. The Labute approximate surface area is 208 Å². The maximum Gasteiger partial charge on any atom is 0.250 e. The third-order valence-corrected chi connectivity index (χ3v) is 6.09. The number of carbonyl (C=O) groups is 1. The molecule has 1 aliphatic rings. The first-order chi connectivity index (χ1) is 17.1. The summed E-state index contributed by atoms with van der Waals surface area (Å²) in [6, 6.07) is 26.8. The van der Waals surface area contributed by atoms with Crippen molar-refractivity contribution < 1.29 is 13.9 Å². The summed E-state index contributed by atoms with van der Waals surface area (Å²) in [4.78, 5) is 18.5. The number of hydrogen-bond acceptors (Lipinski definition) is 5. The van der Waals surface area contributed by atoms with Gasteiger partial charge in [-0.2, -0.15) is 0 Å². The lowest BCUT2D eigenvalue weighted by atomic mass is 10.0. The smallest absolute Gasteiger partial charge is 0.250 e. The molecule has 2 aromatic carbocycles. The van der Waals surface area contributed by atoms with E-state index in [9.17, 15) is 4.79 Å². The second-order valence-corrected chi connectivity index (χ2v) is 8.48. The van der Waals surface area contributed by atoms with Crippen molar-refractivity contribution in [2.45, 2.75) is 12.1 Å². The number of amides is 1. The fraction of sp³-hybridized carbons (Fsp3) is 0.148. The van der Waals surface area contributed by atoms with Gasteiger partial charge in [-0.3, -0.25) is 9.78 Å². The highest BCUT2D eigenvalue weighted by molar-refractivity contribution is 7.80. The zero-order valence-electron chi connectivity index (χ0n) is 19.0. The van der Waals surface area contributed by atoms with Gasteiger partial charge in [-0.25, -0.2) is 0 Å². The van der Waals surface area contributed by atoms with Crippen molar-refractivity contribution in [3.8, 4) is 11.3 Å². The number of nitrogens with zero attached hydrogens (tertiary/aromatic N) is 2. The van der Waals surface area contributed by atoms with Crippen molar-refractivity contribution in [1.29, 1.82) is 0 Å². The summed E-state index contributed by atoms with van der Waals surface area (Å²) in [6.45, 7) is -0.00203. The molecule has 2 aromatic heterocycles. The quantitative estimate of drug-likeness (QED) is 0.353. The van der Waals surface area contributed by atoms with E-state index >= 15 is 0 Å². The number of methoxy groups -OCH3 is 1. The zero-order valence-corrected chi connectivity index (χ0v) is 19.9.